The van der Waals surface area contributed by atoms with Crippen molar-refractivity contribution in [2.45, 2.75) is 6.54 Å². The van der Waals surface area contributed by atoms with Gasteiger partial charge in [-0.25, -0.2) is 0 Å². The molecule has 5 heteroatoms. The SMILES string of the molecule is CN(Cc1ccc(Cl)cc1)C(=O)c1cc(N)ccn1. The number of aromatic nitrogens is 1. The fourth-order valence-corrected chi connectivity index (χ4v) is 1.82. The van der Waals surface area contributed by atoms with E-state index in [4.69, 9.17) is 17.3 Å². The largest absolute Gasteiger partial charge is 0.399 e. The van der Waals surface area contributed by atoms with Crippen LogP contribution in [-0.2, 0) is 6.54 Å². The van der Waals surface area contributed by atoms with Gasteiger partial charge >= 0.3 is 0 Å². The Labute approximate surface area is 116 Å². The number of hydrogen-bond acceptors (Lipinski definition) is 3. The first-order valence-electron chi connectivity index (χ1n) is 5.77. The lowest BCUT2D eigenvalue weighted by Crippen LogP contribution is -2.27. The van der Waals surface area contributed by atoms with Gasteiger partial charge in [0.05, 0.1) is 0 Å². The lowest BCUT2D eigenvalue weighted by molar-refractivity contribution is 0.0779. The van der Waals surface area contributed by atoms with Gasteiger partial charge in [0.15, 0.2) is 0 Å². The Morgan fingerprint density at radius 3 is 2.63 bits per heavy atom. The summed E-state index contributed by atoms with van der Waals surface area (Å²) < 4.78 is 0. The highest BCUT2D eigenvalue weighted by atomic mass is 35.5. The molecule has 0 fully saturated rings. The number of anilines is 1. The van der Waals surface area contributed by atoms with E-state index in [0.717, 1.165) is 5.56 Å². The number of nitrogens with zero attached hydrogens (tertiary/aromatic N) is 2. The number of carbonyl (C=O) groups is 1. The molecule has 0 aliphatic carbocycles. The van der Waals surface area contributed by atoms with Gasteiger partial charge in [0.1, 0.15) is 5.69 Å². The molecule has 0 atom stereocenters. The number of rotatable bonds is 3. The van der Waals surface area contributed by atoms with Crippen LogP contribution in [0, 0.1) is 0 Å². The number of nitrogens with two attached hydrogens (primary N) is 1. The van der Waals surface area contributed by atoms with Gasteiger partial charge in [-0.1, -0.05) is 23.7 Å². The molecule has 4 nitrogen and oxygen atoms in total. The number of benzene rings is 1. The molecule has 1 heterocycles. The predicted octanol–water partition coefficient (Wildman–Crippen LogP) is 2.59. The Morgan fingerprint density at radius 2 is 2.00 bits per heavy atom. The van der Waals surface area contributed by atoms with E-state index >= 15 is 0 Å². The average molecular weight is 276 g/mol. The lowest BCUT2D eigenvalue weighted by atomic mass is 10.2. The van der Waals surface area contributed by atoms with Gasteiger partial charge in [-0.3, -0.25) is 9.78 Å². The number of carbonyl (C=O) groups excluding carboxylic acids is 1. The summed E-state index contributed by atoms with van der Waals surface area (Å²) in [7, 11) is 1.72. The number of nitrogen functional groups attached to an aromatic ring is 1. The van der Waals surface area contributed by atoms with Crippen LogP contribution >= 0.6 is 11.6 Å². The van der Waals surface area contributed by atoms with E-state index in [1.165, 1.54) is 6.20 Å². The molecule has 0 bridgehead atoms. The van der Waals surface area contributed by atoms with Crippen molar-refractivity contribution in [3.8, 4) is 0 Å². The lowest BCUT2D eigenvalue weighted by Gasteiger charge is -2.17. The van der Waals surface area contributed by atoms with Gasteiger partial charge in [0.25, 0.3) is 5.91 Å². The van der Waals surface area contributed by atoms with Gasteiger partial charge in [-0.05, 0) is 29.8 Å². The minimum Gasteiger partial charge on any atom is -0.399 e. The Morgan fingerprint density at radius 1 is 1.32 bits per heavy atom. The zero-order chi connectivity index (χ0) is 13.8. The van der Waals surface area contributed by atoms with Crippen molar-refractivity contribution in [1.29, 1.82) is 0 Å². The van der Waals surface area contributed by atoms with Crippen LogP contribution in [0.2, 0.25) is 5.02 Å². The highest BCUT2D eigenvalue weighted by Crippen LogP contribution is 2.12. The Kier molecular flexibility index (Phi) is 4.02. The normalized spacial score (nSPS) is 10.2. The Hall–Kier alpha value is -2.07. The second kappa shape index (κ2) is 5.71. The quantitative estimate of drug-likeness (QED) is 0.937. The van der Waals surface area contributed by atoms with E-state index in [9.17, 15) is 4.79 Å². The number of pyridine rings is 1. The fraction of sp³-hybridized carbons (Fsp3) is 0.143. The maximum atomic E-state index is 12.1. The van der Waals surface area contributed by atoms with E-state index in [1.807, 2.05) is 12.1 Å². The van der Waals surface area contributed by atoms with Gasteiger partial charge in [-0.15, -0.1) is 0 Å². The van der Waals surface area contributed by atoms with Crippen LogP contribution in [0.3, 0.4) is 0 Å². The van der Waals surface area contributed by atoms with E-state index in [-0.39, 0.29) is 5.91 Å². The van der Waals surface area contributed by atoms with Crippen molar-refractivity contribution in [3.63, 3.8) is 0 Å². The second-order valence-corrected chi connectivity index (χ2v) is 4.70. The summed E-state index contributed by atoms with van der Waals surface area (Å²) in [5.41, 5.74) is 7.51. The molecule has 2 rings (SSSR count). The first-order chi connectivity index (χ1) is 9.06. The van der Waals surface area contributed by atoms with Crippen LogP contribution < -0.4 is 5.73 Å². The molecule has 1 amide bonds. The number of amides is 1. The van der Waals surface area contributed by atoms with Crippen molar-refractivity contribution >= 4 is 23.2 Å². The molecule has 2 N–H and O–H groups in total. The minimum absolute atomic E-state index is 0.165. The molecule has 0 aliphatic rings. The molecule has 0 aliphatic heterocycles. The summed E-state index contributed by atoms with van der Waals surface area (Å²) in [6.45, 7) is 0.493. The van der Waals surface area contributed by atoms with Gasteiger partial charge in [-0.2, -0.15) is 0 Å². The summed E-state index contributed by atoms with van der Waals surface area (Å²) in [5.74, 6) is -0.165. The molecule has 0 radical (unpaired) electrons. The fourth-order valence-electron chi connectivity index (χ4n) is 1.69. The van der Waals surface area contributed by atoms with E-state index in [1.54, 1.807) is 36.2 Å². The zero-order valence-electron chi connectivity index (χ0n) is 10.5. The topological polar surface area (TPSA) is 59.2 Å². The molecule has 0 unspecified atom stereocenters. The van der Waals surface area contributed by atoms with Crippen LogP contribution in [0.4, 0.5) is 5.69 Å². The highest BCUT2D eigenvalue weighted by molar-refractivity contribution is 6.30. The highest BCUT2D eigenvalue weighted by Gasteiger charge is 2.13. The second-order valence-electron chi connectivity index (χ2n) is 4.26. The van der Waals surface area contributed by atoms with Gasteiger partial charge in [0, 0.05) is 30.5 Å². The monoisotopic (exact) mass is 275 g/mol. The third kappa shape index (κ3) is 3.45. The van der Waals surface area contributed by atoms with Gasteiger partial charge in [0.2, 0.25) is 0 Å². The molecule has 0 spiro atoms. The molecule has 1 aromatic carbocycles. The maximum absolute atomic E-state index is 12.1. The van der Waals surface area contributed by atoms with Crippen molar-refractivity contribution in [3.05, 3.63) is 58.9 Å². The Bertz CT molecular complexity index is 583. The molecular formula is C14H14ClN3O. The van der Waals surface area contributed by atoms with Crippen molar-refractivity contribution < 1.29 is 4.79 Å². The molecular weight excluding hydrogens is 262 g/mol. The predicted molar refractivity (Wildman–Crippen MR) is 75.9 cm³/mol. The molecule has 19 heavy (non-hydrogen) atoms. The standard InChI is InChI=1S/C14H14ClN3O/c1-18(9-10-2-4-11(15)5-3-10)14(19)13-8-12(16)6-7-17-13/h2-8H,9H2,1H3,(H2,16,17). The first kappa shape index (κ1) is 13.4. The number of halogens is 1. The molecule has 2 aromatic rings. The van der Waals surface area contributed by atoms with Crippen molar-refractivity contribution in [1.82, 2.24) is 9.88 Å². The van der Waals surface area contributed by atoms with Crippen LogP contribution in [0.15, 0.2) is 42.6 Å². The molecule has 0 saturated heterocycles. The third-order valence-electron chi connectivity index (χ3n) is 2.68. The van der Waals surface area contributed by atoms with E-state index < -0.39 is 0 Å². The average Bonchev–Trinajstić information content (AvgIpc) is 2.40. The Balaban J connectivity index is 2.09. The number of hydrogen-bond donors (Lipinski definition) is 1. The zero-order valence-corrected chi connectivity index (χ0v) is 11.3. The molecule has 98 valence electrons. The van der Waals surface area contributed by atoms with Crippen LogP contribution in [-0.4, -0.2) is 22.8 Å². The maximum Gasteiger partial charge on any atom is 0.272 e. The third-order valence-corrected chi connectivity index (χ3v) is 2.93. The van der Waals surface area contributed by atoms with Crippen LogP contribution in [0.1, 0.15) is 16.1 Å². The molecule has 1 aromatic heterocycles. The van der Waals surface area contributed by atoms with Crippen LogP contribution in [0.5, 0.6) is 0 Å². The molecule has 0 saturated carbocycles. The van der Waals surface area contributed by atoms with Crippen LogP contribution in [0.25, 0.3) is 0 Å². The smallest absolute Gasteiger partial charge is 0.272 e. The first-order valence-corrected chi connectivity index (χ1v) is 6.15. The summed E-state index contributed by atoms with van der Waals surface area (Å²) in [4.78, 5) is 17.8. The van der Waals surface area contributed by atoms with E-state index in [0.29, 0.717) is 22.9 Å². The summed E-state index contributed by atoms with van der Waals surface area (Å²) in [6.07, 6.45) is 1.53. The summed E-state index contributed by atoms with van der Waals surface area (Å²) >= 11 is 5.82. The minimum atomic E-state index is -0.165. The van der Waals surface area contributed by atoms with E-state index in [2.05, 4.69) is 4.98 Å². The van der Waals surface area contributed by atoms with Crippen molar-refractivity contribution in [2.75, 3.05) is 12.8 Å². The summed E-state index contributed by atoms with van der Waals surface area (Å²) in [6, 6.07) is 10.6. The van der Waals surface area contributed by atoms with Gasteiger partial charge < -0.3 is 10.6 Å². The van der Waals surface area contributed by atoms with Crippen molar-refractivity contribution in [2.24, 2.45) is 0 Å². The summed E-state index contributed by atoms with van der Waals surface area (Å²) in [5, 5.41) is 0.676.